The van der Waals surface area contributed by atoms with Gasteiger partial charge in [0.2, 0.25) is 0 Å². The molecule has 2 saturated carbocycles. The van der Waals surface area contributed by atoms with Gasteiger partial charge in [-0.3, -0.25) is 0 Å². The summed E-state index contributed by atoms with van der Waals surface area (Å²) in [4.78, 5) is 24.8. The molecule has 2 N–H and O–H groups in total. The van der Waals surface area contributed by atoms with Crippen LogP contribution in [0.3, 0.4) is 0 Å². The third-order valence-electron chi connectivity index (χ3n) is 9.38. The van der Waals surface area contributed by atoms with Crippen molar-refractivity contribution in [2.45, 2.75) is 110 Å². The molecule has 0 aliphatic heterocycles. The Bertz CT molecular complexity index is 711. The number of carbonyl (C=O) groups is 2. The molecule has 0 aromatic heterocycles. The van der Waals surface area contributed by atoms with Crippen LogP contribution in [0, 0.1) is 29.1 Å². The summed E-state index contributed by atoms with van der Waals surface area (Å²) in [5.41, 5.74) is -0.461. The number of rotatable bonds is 17. The Morgan fingerprint density at radius 2 is 1.21 bits per heavy atom. The van der Waals surface area contributed by atoms with Gasteiger partial charge >= 0.3 is 11.9 Å². The van der Waals surface area contributed by atoms with Crippen LogP contribution < -0.4 is 0 Å². The largest absolute Gasteiger partial charge is 0.462 e. The molecule has 0 heterocycles. The quantitative estimate of drug-likeness (QED) is 0.125. The smallest absolute Gasteiger partial charge is 0.335 e. The summed E-state index contributed by atoms with van der Waals surface area (Å²) in [6.07, 6.45) is 18.0. The van der Waals surface area contributed by atoms with E-state index >= 15 is 0 Å². The fourth-order valence-corrected chi connectivity index (χ4v) is 6.74. The van der Waals surface area contributed by atoms with Gasteiger partial charge in [-0.2, -0.15) is 0 Å². The molecule has 2 fully saturated rings. The summed E-state index contributed by atoms with van der Waals surface area (Å²) in [5.74, 6) is 1.54. The minimum atomic E-state index is -0.608. The Morgan fingerprint density at radius 3 is 1.66 bits per heavy atom. The summed E-state index contributed by atoms with van der Waals surface area (Å²) in [6.45, 7) is 10.9. The van der Waals surface area contributed by atoms with Crippen LogP contribution in [0.15, 0.2) is 24.3 Å². The molecule has 218 valence electrons. The highest BCUT2D eigenvalue weighted by molar-refractivity contribution is 5.88. The van der Waals surface area contributed by atoms with Crippen molar-refractivity contribution >= 4 is 11.9 Å². The monoisotopic (exact) mass is 534 g/mol. The Hall–Kier alpha value is -1.66. The van der Waals surface area contributed by atoms with Crippen molar-refractivity contribution < 1.29 is 29.3 Å². The molecular weight excluding hydrogens is 480 g/mol. The molecule has 2 rings (SSSR count). The minimum Gasteiger partial charge on any atom is -0.462 e. The van der Waals surface area contributed by atoms with Gasteiger partial charge in [0.05, 0.1) is 24.4 Å². The lowest BCUT2D eigenvalue weighted by molar-refractivity contribution is -0.155. The lowest BCUT2D eigenvalue weighted by Gasteiger charge is -2.45. The van der Waals surface area contributed by atoms with E-state index in [9.17, 15) is 19.8 Å². The molecule has 38 heavy (non-hydrogen) atoms. The van der Waals surface area contributed by atoms with Gasteiger partial charge in [-0.05, 0) is 68.6 Å². The van der Waals surface area contributed by atoms with E-state index in [0.29, 0.717) is 0 Å². The molecule has 0 saturated heterocycles. The van der Waals surface area contributed by atoms with Gasteiger partial charge in [-0.15, -0.1) is 0 Å². The average molecular weight is 535 g/mol. The first-order valence-corrected chi connectivity index (χ1v) is 15.2. The van der Waals surface area contributed by atoms with Crippen LogP contribution in [-0.4, -0.2) is 48.6 Å². The van der Waals surface area contributed by atoms with E-state index in [1.54, 1.807) is 0 Å². The van der Waals surface area contributed by atoms with Crippen LogP contribution in [0.25, 0.3) is 0 Å². The van der Waals surface area contributed by atoms with Crippen molar-refractivity contribution in [3.05, 3.63) is 24.3 Å². The van der Waals surface area contributed by atoms with E-state index < -0.39 is 30.6 Å². The van der Waals surface area contributed by atoms with E-state index in [-0.39, 0.29) is 30.3 Å². The van der Waals surface area contributed by atoms with E-state index in [0.717, 1.165) is 62.7 Å². The first-order chi connectivity index (χ1) is 18.3. The molecule has 0 bridgehead atoms. The van der Waals surface area contributed by atoms with Gasteiger partial charge < -0.3 is 19.7 Å². The average Bonchev–Trinajstić information content (AvgIpc) is 2.96. The minimum absolute atomic E-state index is 0.0223. The Kier molecular flexibility index (Phi) is 14.7. The normalized spacial score (nSPS) is 24.0. The van der Waals surface area contributed by atoms with Crippen molar-refractivity contribution in [1.29, 1.82) is 0 Å². The number of aliphatic hydroxyl groups is 2. The molecule has 0 unspecified atom stereocenters. The van der Waals surface area contributed by atoms with Crippen molar-refractivity contribution in [1.82, 2.24) is 0 Å². The molecule has 0 atom stereocenters. The number of esters is 2. The maximum Gasteiger partial charge on any atom is 0.335 e. The lowest BCUT2D eigenvalue weighted by Crippen LogP contribution is -2.43. The van der Waals surface area contributed by atoms with Crippen molar-refractivity contribution in [2.24, 2.45) is 29.1 Å². The van der Waals surface area contributed by atoms with Crippen molar-refractivity contribution in [2.75, 3.05) is 26.4 Å². The lowest BCUT2D eigenvalue weighted by atomic mass is 9.62. The van der Waals surface area contributed by atoms with Crippen LogP contribution in [0.5, 0.6) is 0 Å². The van der Waals surface area contributed by atoms with Gasteiger partial charge in [0, 0.05) is 5.41 Å². The maximum atomic E-state index is 12.4. The van der Waals surface area contributed by atoms with E-state index in [2.05, 4.69) is 27.0 Å². The third kappa shape index (κ3) is 9.82. The van der Waals surface area contributed by atoms with Gasteiger partial charge in [0.15, 0.2) is 0 Å². The molecule has 0 spiro atoms. The number of hydrogen-bond acceptors (Lipinski definition) is 6. The number of ether oxygens (including phenoxy) is 2. The highest BCUT2D eigenvalue weighted by atomic mass is 16.5. The Labute approximate surface area is 231 Å². The van der Waals surface area contributed by atoms with E-state index in [1.165, 1.54) is 51.4 Å². The van der Waals surface area contributed by atoms with Gasteiger partial charge in [-0.25, -0.2) is 9.59 Å². The molecule has 0 radical (unpaired) electrons. The zero-order valence-corrected chi connectivity index (χ0v) is 24.2. The van der Waals surface area contributed by atoms with E-state index in [4.69, 9.17) is 9.47 Å². The summed E-state index contributed by atoms with van der Waals surface area (Å²) < 4.78 is 11.3. The fraction of sp³-hybridized carbons (Fsp3) is 0.812. The van der Waals surface area contributed by atoms with Crippen LogP contribution in [0.4, 0.5) is 0 Å². The number of carbonyl (C=O) groups excluding carboxylic acids is 2. The second-order valence-electron chi connectivity index (χ2n) is 12.0. The second-order valence-corrected chi connectivity index (χ2v) is 12.0. The van der Waals surface area contributed by atoms with E-state index in [1.807, 2.05) is 0 Å². The third-order valence-corrected chi connectivity index (χ3v) is 9.38. The molecular formula is C32H54O6. The zero-order valence-electron chi connectivity index (χ0n) is 24.2. The SMILES string of the molecule is C=C(CO)C(=O)OCC(CCCC)(COC(=O)C(=C)CO)C1CCC(C2CCC(CCCCC)CC2)CC1. The predicted molar refractivity (Wildman–Crippen MR) is 151 cm³/mol. The van der Waals surface area contributed by atoms with Crippen LogP contribution in [0.2, 0.25) is 0 Å². The second kappa shape index (κ2) is 17.1. The van der Waals surface area contributed by atoms with Crippen LogP contribution in [0.1, 0.15) is 110 Å². The van der Waals surface area contributed by atoms with Gasteiger partial charge in [0.25, 0.3) is 0 Å². The fourth-order valence-electron chi connectivity index (χ4n) is 6.74. The number of unbranched alkanes of at least 4 members (excludes halogenated alkanes) is 3. The molecule has 6 heteroatoms. The number of aliphatic hydroxyl groups excluding tert-OH is 2. The summed E-state index contributed by atoms with van der Waals surface area (Å²) >= 11 is 0. The molecule has 2 aliphatic rings. The maximum absolute atomic E-state index is 12.4. The van der Waals surface area contributed by atoms with Gasteiger partial charge in [-0.1, -0.05) is 78.4 Å². The molecule has 2 aliphatic carbocycles. The van der Waals surface area contributed by atoms with Crippen LogP contribution >= 0.6 is 0 Å². The molecule has 0 aromatic rings. The topological polar surface area (TPSA) is 93.1 Å². The molecule has 0 amide bonds. The Morgan fingerprint density at radius 1 is 0.737 bits per heavy atom. The Balaban J connectivity index is 2.06. The standard InChI is InChI=1S/C32H54O6/c1-5-7-9-10-26-11-13-27(14-12-26)28-15-17-29(18-16-28)32(19-8-6-2,22-37-30(35)24(3)20-33)23-38-31(36)25(4)21-34/h26-29,33-34H,3-23H2,1-2H3. The highest BCUT2D eigenvalue weighted by Gasteiger charge is 2.44. The van der Waals surface area contributed by atoms with Crippen molar-refractivity contribution in [3.63, 3.8) is 0 Å². The number of hydrogen-bond donors (Lipinski definition) is 2. The summed E-state index contributed by atoms with van der Waals surface area (Å²) in [6, 6.07) is 0. The first-order valence-electron chi connectivity index (χ1n) is 15.2. The zero-order chi connectivity index (χ0) is 28.0. The summed E-state index contributed by atoms with van der Waals surface area (Å²) in [5, 5.41) is 18.6. The highest BCUT2D eigenvalue weighted by Crippen LogP contribution is 2.48. The van der Waals surface area contributed by atoms with Crippen LogP contribution in [-0.2, 0) is 19.1 Å². The summed E-state index contributed by atoms with van der Waals surface area (Å²) in [7, 11) is 0. The first kappa shape index (κ1) is 32.6. The molecule has 0 aromatic carbocycles. The van der Waals surface area contributed by atoms with Gasteiger partial charge in [0.1, 0.15) is 13.2 Å². The predicted octanol–water partition coefficient (Wildman–Crippen LogP) is 6.54. The van der Waals surface area contributed by atoms with Crippen molar-refractivity contribution in [3.8, 4) is 0 Å². The molecule has 6 nitrogen and oxygen atoms in total.